The van der Waals surface area contributed by atoms with Crippen LogP contribution in [0.1, 0.15) is 107 Å². The number of aliphatic hydroxyl groups excluding tert-OH is 2. The smallest absolute Gasteiger partial charge is 0.239 e. The molecule has 66 heavy (non-hydrogen) atoms. The summed E-state index contributed by atoms with van der Waals surface area (Å²) in [5.41, 5.74) is 5.74. The third-order valence-corrected chi connectivity index (χ3v) is 14.3. The number of hydrogen-bond acceptors (Lipinski definition) is 8. The zero-order valence-corrected chi connectivity index (χ0v) is 38.5. The summed E-state index contributed by atoms with van der Waals surface area (Å²) < 4.78 is 35.7. The molecule has 0 saturated heterocycles. The van der Waals surface area contributed by atoms with Gasteiger partial charge in [-0.05, 0) is 122 Å². The standard InChI is InChI=1S/C56H67FN2O7/c1-3-34-63-56-52(59(38-40-20-25-44(57)26-21-40)53(62)31-22-39-14-8-9-15-39)37-50(58-64-4-2)48-35-43(18-10-12-32-60)47(19-11-13-33-61)54(55(48)56)49-36-46(29-30-51(49)66-56)65-45-27-23-42(24-28-45)41-16-6-5-7-17-41/h3,5-7,16-17,20-21,23-30,35-36,39,43,47,52,54-55,60-61H,1,4,8-15,18-19,22,31-34,37-38H2,2H3/t43-,47+,52-,54+,55+,56+/m0/s1. The molecule has 9 nitrogen and oxygen atoms in total. The number of unbranched alkanes of at least 4 members (excludes halogenated alkanes) is 2. The lowest BCUT2D eigenvalue weighted by Gasteiger charge is -2.60. The predicted octanol–water partition coefficient (Wildman–Crippen LogP) is 11.9. The minimum atomic E-state index is -1.40. The van der Waals surface area contributed by atoms with E-state index in [1.54, 1.807) is 18.2 Å². The Bertz CT molecular complexity index is 2280. The fraction of sp³-hybridized carbons (Fsp3) is 0.464. The number of oxime groups is 1. The van der Waals surface area contributed by atoms with E-state index in [1.165, 1.54) is 25.0 Å². The molecule has 6 atom stereocenters. The van der Waals surface area contributed by atoms with Crippen LogP contribution in [0.15, 0.2) is 127 Å². The Morgan fingerprint density at radius 1 is 0.894 bits per heavy atom. The van der Waals surface area contributed by atoms with Crippen LogP contribution in [0, 0.1) is 29.5 Å². The van der Waals surface area contributed by atoms with Crippen LogP contribution < -0.4 is 9.47 Å². The van der Waals surface area contributed by atoms with Crippen molar-refractivity contribution in [2.75, 3.05) is 26.4 Å². The minimum absolute atomic E-state index is 0.00819. The van der Waals surface area contributed by atoms with Crippen molar-refractivity contribution in [3.8, 4) is 28.4 Å². The number of carbonyl (C=O) groups excluding carboxylic acids is 1. The normalized spacial score (nSPS) is 23.9. The second-order valence-electron chi connectivity index (χ2n) is 18.5. The van der Waals surface area contributed by atoms with Gasteiger partial charge in [0.25, 0.3) is 0 Å². The highest BCUT2D eigenvalue weighted by Gasteiger charge is 2.65. The van der Waals surface area contributed by atoms with Crippen molar-refractivity contribution in [1.82, 2.24) is 4.90 Å². The highest BCUT2D eigenvalue weighted by atomic mass is 19.1. The highest BCUT2D eigenvalue weighted by Crippen LogP contribution is 2.62. The van der Waals surface area contributed by atoms with Crippen LogP contribution in [0.5, 0.6) is 17.2 Å². The van der Waals surface area contributed by atoms with Gasteiger partial charge in [0.1, 0.15) is 35.7 Å². The van der Waals surface area contributed by atoms with Gasteiger partial charge in [-0.25, -0.2) is 4.39 Å². The maximum Gasteiger partial charge on any atom is 0.239 e. The number of amides is 1. The number of nitrogens with zero attached hydrogens (tertiary/aromatic N) is 2. The van der Waals surface area contributed by atoms with Crippen LogP contribution >= 0.6 is 0 Å². The summed E-state index contributed by atoms with van der Waals surface area (Å²) in [4.78, 5) is 23.0. The molecule has 1 amide bonds. The summed E-state index contributed by atoms with van der Waals surface area (Å²) >= 11 is 0. The van der Waals surface area contributed by atoms with E-state index in [-0.39, 0.29) is 55.8 Å². The maximum atomic E-state index is 15.1. The van der Waals surface area contributed by atoms with E-state index in [0.29, 0.717) is 55.5 Å². The molecule has 4 aliphatic rings. The lowest BCUT2D eigenvalue weighted by molar-refractivity contribution is -0.258. The number of carbonyl (C=O) groups is 1. The monoisotopic (exact) mass is 898 g/mol. The number of benzene rings is 4. The molecule has 0 bridgehead atoms. The van der Waals surface area contributed by atoms with Crippen molar-refractivity contribution in [1.29, 1.82) is 0 Å². The van der Waals surface area contributed by atoms with Gasteiger partial charge in [-0.15, -0.1) is 6.58 Å². The van der Waals surface area contributed by atoms with E-state index in [4.69, 9.17) is 24.2 Å². The van der Waals surface area contributed by atoms with Crippen molar-refractivity contribution >= 4 is 11.6 Å². The van der Waals surface area contributed by atoms with Gasteiger partial charge in [0.15, 0.2) is 0 Å². The van der Waals surface area contributed by atoms with Gasteiger partial charge in [-0.3, -0.25) is 4.79 Å². The fourth-order valence-electron chi connectivity index (χ4n) is 11.3. The molecular weight excluding hydrogens is 832 g/mol. The maximum absolute atomic E-state index is 15.1. The molecule has 2 fully saturated rings. The molecule has 8 rings (SSSR count). The van der Waals surface area contributed by atoms with Crippen molar-refractivity contribution in [2.45, 2.75) is 115 Å². The molecule has 0 aromatic heterocycles. The van der Waals surface area contributed by atoms with Gasteiger partial charge in [0.05, 0.1) is 18.2 Å². The summed E-state index contributed by atoms with van der Waals surface area (Å²) in [6, 6.07) is 30.1. The molecule has 4 aromatic carbocycles. The average molecular weight is 899 g/mol. The van der Waals surface area contributed by atoms with Gasteiger partial charge in [-0.2, -0.15) is 0 Å². The number of allylic oxidation sites excluding steroid dienone is 1. The van der Waals surface area contributed by atoms with E-state index < -0.39 is 17.7 Å². The third kappa shape index (κ3) is 10.6. The Balaban J connectivity index is 1.28. The SMILES string of the molecule is C=CCO[C@@]12Oc3ccc(Oc4ccc(-c5ccccc5)cc4)cc3[C@H]3[C@H](CCCCO)[C@@H](CCCCO)C=C(C(=NOCC)C[C@@H]1N(Cc1ccc(F)cc1)C(=O)CCC1CCCC1)[C@H]32. The van der Waals surface area contributed by atoms with Gasteiger partial charge in [-0.1, -0.05) is 110 Å². The molecule has 1 heterocycles. The van der Waals surface area contributed by atoms with E-state index in [9.17, 15) is 14.6 Å². The van der Waals surface area contributed by atoms with Crippen LogP contribution in [-0.4, -0.2) is 65.0 Å². The lowest BCUT2D eigenvalue weighted by Crippen LogP contribution is -2.70. The van der Waals surface area contributed by atoms with Crippen LogP contribution in [0.3, 0.4) is 0 Å². The first-order valence-corrected chi connectivity index (χ1v) is 24.4. The zero-order chi connectivity index (χ0) is 45.9. The number of rotatable bonds is 22. The first-order valence-electron chi connectivity index (χ1n) is 24.4. The molecule has 1 aliphatic heterocycles. The topological polar surface area (TPSA) is 110 Å². The summed E-state index contributed by atoms with van der Waals surface area (Å²) in [5, 5.41) is 24.9. The largest absolute Gasteiger partial charge is 0.459 e. The van der Waals surface area contributed by atoms with Crippen molar-refractivity contribution in [3.63, 3.8) is 0 Å². The number of ether oxygens (including phenoxy) is 3. The van der Waals surface area contributed by atoms with Crippen molar-refractivity contribution in [3.05, 3.63) is 138 Å². The highest BCUT2D eigenvalue weighted by molar-refractivity contribution is 6.03. The number of halogens is 1. The molecule has 2 N–H and O–H groups in total. The van der Waals surface area contributed by atoms with E-state index in [1.807, 2.05) is 54.3 Å². The van der Waals surface area contributed by atoms with Gasteiger partial charge in [0.2, 0.25) is 11.7 Å². The lowest BCUT2D eigenvalue weighted by atomic mass is 9.55. The fourth-order valence-corrected chi connectivity index (χ4v) is 11.3. The Kier molecular flexibility index (Phi) is 16.1. The van der Waals surface area contributed by atoms with Crippen molar-refractivity contribution in [2.24, 2.45) is 28.8 Å². The first-order chi connectivity index (χ1) is 32.3. The number of aliphatic hydroxyl groups is 2. The summed E-state index contributed by atoms with van der Waals surface area (Å²) in [5.74, 6) is 0.303. The minimum Gasteiger partial charge on any atom is -0.459 e. The Morgan fingerprint density at radius 2 is 1.61 bits per heavy atom. The molecule has 4 aromatic rings. The number of fused-ring (bicyclic) bond motifs is 2. The number of hydrogen-bond donors (Lipinski definition) is 2. The van der Waals surface area contributed by atoms with Crippen molar-refractivity contribution < 1.29 is 38.4 Å². The Morgan fingerprint density at radius 3 is 2.32 bits per heavy atom. The van der Waals surface area contributed by atoms with Gasteiger partial charge < -0.3 is 34.2 Å². The van der Waals surface area contributed by atoms with Gasteiger partial charge in [0, 0.05) is 44.1 Å². The molecular formula is C56H67FN2O7. The average Bonchev–Trinajstić information content (AvgIpc) is 3.87. The van der Waals surface area contributed by atoms with Crippen LogP contribution in [0.4, 0.5) is 4.39 Å². The Hall–Kier alpha value is -5.29. The third-order valence-electron chi connectivity index (χ3n) is 14.3. The predicted molar refractivity (Wildman–Crippen MR) is 257 cm³/mol. The van der Waals surface area contributed by atoms with Crippen LogP contribution in [-0.2, 0) is 20.9 Å². The van der Waals surface area contributed by atoms with Crippen LogP contribution in [0.2, 0.25) is 0 Å². The summed E-state index contributed by atoms with van der Waals surface area (Å²) in [6.07, 6.45) is 14.9. The molecule has 0 spiro atoms. The summed E-state index contributed by atoms with van der Waals surface area (Å²) in [6.45, 7) is 6.96. The Labute approximate surface area is 390 Å². The molecule has 350 valence electrons. The van der Waals surface area contributed by atoms with E-state index in [0.717, 1.165) is 78.5 Å². The molecule has 3 aliphatic carbocycles. The van der Waals surface area contributed by atoms with E-state index in [2.05, 4.69) is 43.0 Å². The van der Waals surface area contributed by atoms with Gasteiger partial charge >= 0.3 is 0 Å². The first kappa shape index (κ1) is 47.2. The molecule has 10 heteroatoms. The van der Waals surface area contributed by atoms with E-state index >= 15 is 4.79 Å². The zero-order valence-electron chi connectivity index (χ0n) is 38.5. The second-order valence-corrected chi connectivity index (χ2v) is 18.5. The molecule has 0 unspecified atom stereocenters. The van der Waals surface area contributed by atoms with Crippen LogP contribution in [0.25, 0.3) is 11.1 Å². The summed E-state index contributed by atoms with van der Waals surface area (Å²) in [7, 11) is 0. The molecule has 0 radical (unpaired) electrons. The quantitative estimate of drug-likeness (QED) is 0.0459. The second kappa shape index (κ2) is 22.5. The molecule has 2 saturated carbocycles.